The lowest BCUT2D eigenvalue weighted by Gasteiger charge is -2.39. The maximum atomic E-state index is 4.32. The van der Waals surface area contributed by atoms with Crippen LogP contribution >= 0.6 is 12.6 Å². The summed E-state index contributed by atoms with van der Waals surface area (Å²) in [5.41, 5.74) is 0.785. The number of hydrogen-bond acceptors (Lipinski definition) is 2. The normalized spacial score (nSPS) is 26.5. The van der Waals surface area contributed by atoms with E-state index in [0.717, 1.165) is 17.1 Å². The van der Waals surface area contributed by atoms with Gasteiger partial charge in [0.05, 0.1) is 0 Å². The lowest BCUT2D eigenvalue weighted by molar-refractivity contribution is 0.104. The van der Waals surface area contributed by atoms with Crippen molar-refractivity contribution in [2.24, 2.45) is 11.3 Å². The minimum Gasteiger partial charge on any atom is -0.303 e. The van der Waals surface area contributed by atoms with Gasteiger partial charge in [0, 0.05) is 0 Å². The molecule has 1 heterocycles. The van der Waals surface area contributed by atoms with E-state index in [-0.39, 0.29) is 0 Å². The molecule has 2 fully saturated rings. The van der Waals surface area contributed by atoms with E-state index in [9.17, 15) is 0 Å². The molecule has 1 nitrogen and oxygen atoms in total. The van der Waals surface area contributed by atoms with Gasteiger partial charge in [0.1, 0.15) is 0 Å². The third-order valence-corrected chi connectivity index (χ3v) is 5.40. The molecule has 0 amide bonds. The maximum Gasteiger partial charge on any atom is -0.00134 e. The molecule has 1 saturated carbocycles. The smallest absolute Gasteiger partial charge is 0.00134 e. The Morgan fingerprint density at radius 1 is 1.06 bits per heavy atom. The van der Waals surface area contributed by atoms with E-state index in [4.69, 9.17) is 0 Å². The molecule has 0 radical (unpaired) electrons. The van der Waals surface area contributed by atoms with E-state index >= 15 is 0 Å². The van der Waals surface area contributed by atoms with E-state index < -0.39 is 0 Å². The van der Waals surface area contributed by atoms with Crippen LogP contribution < -0.4 is 0 Å². The van der Waals surface area contributed by atoms with Gasteiger partial charge in [0.25, 0.3) is 0 Å². The van der Waals surface area contributed by atoms with E-state index in [1.54, 1.807) is 0 Å². The Hall–Kier alpha value is 0.310. The molecule has 1 aliphatic heterocycles. The van der Waals surface area contributed by atoms with E-state index in [1.807, 2.05) is 0 Å². The van der Waals surface area contributed by atoms with Crippen molar-refractivity contribution in [3.05, 3.63) is 0 Å². The van der Waals surface area contributed by atoms with Gasteiger partial charge in [0.2, 0.25) is 0 Å². The molecule has 2 heteroatoms. The van der Waals surface area contributed by atoms with Crippen LogP contribution in [0.3, 0.4) is 0 Å². The molecular weight excluding hydrogens is 226 g/mol. The fourth-order valence-corrected chi connectivity index (χ4v) is 4.08. The molecule has 1 spiro atoms. The average Bonchev–Trinajstić information content (AvgIpc) is 2.78. The molecule has 1 atom stereocenters. The maximum absolute atomic E-state index is 4.32. The minimum absolute atomic E-state index is 0.785. The highest BCUT2D eigenvalue weighted by Crippen LogP contribution is 2.46. The summed E-state index contributed by atoms with van der Waals surface area (Å²) >= 11 is 4.32. The Labute approximate surface area is 113 Å². The van der Waals surface area contributed by atoms with E-state index in [2.05, 4.69) is 24.5 Å². The van der Waals surface area contributed by atoms with E-state index in [1.165, 1.54) is 71.0 Å². The number of nitrogens with zero attached hydrogens (tertiary/aromatic N) is 1. The van der Waals surface area contributed by atoms with Gasteiger partial charge in [-0.1, -0.05) is 19.8 Å². The van der Waals surface area contributed by atoms with Crippen molar-refractivity contribution >= 4 is 12.6 Å². The Balaban J connectivity index is 1.65. The zero-order valence-electron chi connectivity index (χ0n) is 11.5. The summed E-state index contributed by atoms with van der Waals surface area (Å²) in [4.78, 5) is 2.71. The predicted octanol–water partition coefficient (Wildman–Crippen LogP) is 3.99. The number of hydrogen-bond donors (Lipinski definition) is 1. The molecule has 0 bridgehead atoms. The number of rotatable bonds is 5. The summed E-state index contributed by atoms with van der Waals surface area (Å²) in [6.07, 6.45) is 11.7. The second kappa shape index (κ2) is 6.47. The monoisotopic (exact) mass is 255 g/mol. The molecule has 100 valence electrons. The molecule has 1 saturated heterocycles. The quantitative estimate of drug-likeness (QED) is 0.727. The molecule has 0 aromatic heterocycles. The molecule has 17 heavy (non-hydrogen) atoms. The molecule has 1 aliphatic carbocycles. The third kappa shape index (κ3) is 3.89. The van der Waals surface area contributed by atoms with Crippen LogP contribution in [0.4, 0.5) is 0 Å². The summed E-state index contributed by atoms with van der Waals surface area (Å²) in [5, 5.41) is 0. The topological polar surface area (TPSA) is 3.24 Å². The Morgan fingerprint density at radius 2 is 1.71 bits per heavy atom. The van der Waals surface area contributed by atoms with Gasteiger partial charge in [-0.2, -0.15) is 12.6 Å². The van der Waals surface area contributed by atoms with Crippen molar-refractivity contribution in [1.29, 1.82) is 0 Å². The Kier molecular flexibility index (Phi) is 5.23. The van der Waals surface area contributed by atoms with Crippen LogP contribution in [0.2, 0.25) is 0 Å². The summed E-state index contributed by atoms with van der Waals surface area (Å²) in [6.45, 7) is 6.44. The van der Waals surface area contributed by atoms with Crippen LogP contribution in [0, 0.1) is 11.3 Å². The Morgan fingerprint density at radius 3 is 2.29 bits per heavy atom. The van der Waals surface area contributed by atoms with Gasteiger partial charge < -0.3 is 4.90 Å². The van der Waals surface area contributed by atoms with Gasteiger partial charge in [-0.25, -0.2) is 0 Å². The number of likely N-dealkylation sites (tertiary alicyclic amines) is 1. The van der Waals surface area contributed by atoms with Crippen molar-refractivity contribution in [3.8, 4) is 0 Å². The van der Waals surface area contributed by atoms with Crippen LogP contribution in [-0.4, -0.2) is 30.3 Å². The van der Waals surface area contributed by atoms with Crippen LogP contribution in [0.25, 0.3) is 0 Å². The van der Waals surface area contributed by atoms with Crippen molar-refractivity contribution < 1.29 is 0 Å². The highest BCUT2D eigenvalue weighted by molar-refractivity contribution is 7.80. The van der Waals surface area contributed by atoms with Crippen molar-refractivity contribution in [3.63, 3.8) is 0 Å². The van der Waals surface area contributed by atoms with Gasteiger partial charge >= 0.3 is 0 Å². The van der Waals surface area contributed by atoms with Crippen molar-refractivity contribution in [2.45, 2.75) is 58.3 Å². The first-order valence-corrected chi connectivity index (χ1v) is 8.21. The second-order valence-electron chi connectivity index (χ2n) is 6.45. The van der Waals surface area contributed by atoms with Crippen LogP contribution in [0.15, 0.2) is 0 Å². The van der Waals surface area contributed by atoms with Crippen LogP contribution in [0.1, 0.15) is 58.3 Å². The summed E-state index contributed by atoms with van der Waals surface area (Å²) in [5.74, 6) is 1.90. The molecule has 0 aromatic carbocycles. The molecule has 0 aromatic rings. The van der Waals surface area contributed by atoms with Gasteiger partial charge in [-0.15, -0.1) is 0 Å². The first-order chi connectivity index (χ1) is 8.24. The fraction of sp³-hybridized carbons (Fsp3) is 1.00. The zero-order chi connectivity index (χ0) is 12.1. The van der Waals surface area contributed by atoms with Gasteiger partial charge in [-0.3, -0.25) is 0 Å². The lowest BCUT2D eigenvalue weighted by atomic mass is 9.77. The third-order valence-electron chi connectivity index (χ3n) is 5.14. The van der Waals surface area contributed by atoms with Crippen LogP contribution in [0.5, 0.6) is 0 Å². The molecule has 2 aliphatic rings. The minimum atomic E-state index is 0.785. The summed E-state index contributed by atoms with van der Waals surface area (Å²) < 4.78 is 0. The molecular formula is C15H29NS. The molecule has 1 unspecified atom stereocenters. The van der Waals surface area contributed by atoms with E-state index in [0.29, 0.717) is 0 Å². The second-order valence-corrected chi connectivity index (χ2v) is 6.90. The highest BCUT2D eigenvalue weighted by atomic mass is 32.1. The largest absolute Gasteiger partial charge is 0.303 e. The lowest BCUT2D eigenvalue weighted by Crippen LogP contribution is -2.39. The molecule has 0 N–H and O–H groups in total. The standard InChI is InChI=1S/C15H29NS/c1-14(5-13-17)4-10-16-11-8-15(9-12-16)6-2-3-7-15/h14,17H,2-13H2,1H3. The zero-order valence-corrected chi connectivity index (χ0v) is 12.4. The van der Waals surface area contributed by atoms with Crippen molar-refractivity contribution in [1.82, 2.24) is 4.90 Å². The van der Waals surface area contributed by atoms with Crippen molar-refractivity contribution in [2.75, 3.05) is 25.4 Å². The average molecular weight is 255 g/mol. The fourth-order valence-electron chi connectivity index (χ4n) is 3.64. The van der Waals surface area contributed by atoms with Crippen LogP contribution in [-0.2, 0) is 0 Å². The predicted molar refractivity (Wildman–Crippen MR) is 78.8 cm³/mol. The van der Waals surface area contributed by atoms with Gasteiger partial charge in [0.15, 0.2) is 0 Å². The number of thiol groups is 1. The SMILES string of the molecule is CC(CCS)CCN1CCC2(CCCC2)CC1. The molecule has 2 rings (SSSR count). The number of piperidine rings is 1. The van der Waals surface area contributed by atoms with Gasteiger partial charge in [-0.05, 0) is 75.2 Å². The highest BCUT2D eigenvalue weighted by Gasteiger charge is 2.36. The Bertz CT molecular complexity index is 213. The summed E-state index contributed by atoms with van der Waals surface area (Å²) in [7, 11) is 0. The first kappa shape index (κ1) is 13.7. The summed E-state index contributed by atoms with van der Waals surface area (Å²) in [6, 6.07) is 0. The first-order valence-electron chi connectivity index (χ1n) is 7.57.